The Morgan fingerprint density at radius 3 is 3.00 bits per heavy atom. The normalized spacial score (nSPS) is 11.1. The van der Waals surface area contributed by atoms with Crippen molar-refractivity contribution in [1.82, 2.24) is 19.6 Å². The molecule has 6 nitrogen and oxygen atoms in total. The fourth-order valence-corrected chi connectivity index (χ4v) is 2.27. The molecule has 0 saturated carbocycles. The van der Waals surface area contributed by atoms with Gasteiger partial charge in [-0.1, -0.05) is 0 Å². The van der Waals surface area contributed by atoms with E-state index in [4.69, 9.17) is 5.73 Å². The van der Waals surface area contributed by atoms with Crippen LogP contribution in [0.2, 0.25) is 0 Å². The molecule has 20 heavy (non-hydrogen) atoms. The van der Waals surface area contributed by atoms with Crippen LogP contribution in [0.1, 0.15) is 11.3 Å². The van der Waals surface area contributed by atoms with Gasteiger partial charge in [0, 0.05) is 35.3 Å². The van der Waals surface area contributed by atoms with Gasteiger partial charge in [0.05, 0.1) is 5.69 Å². The minimum Gasteiger partial charge on any atom is -0.330 e. The molecule has 0 fully saturated rings. The number of hydrogen-bond donors (Lipinski definition) is 2. The van der Waals surface area contributed by atoms with Crippen LogP contribution in [-0.2, 0) is 6.42 Å². The quantitative estimate of drug-likeness (QED) is 0.739. The fourth-order valence-electron chi connectivity index (χ4n) is 2.27. The maximum absolute atomic E-state index is 12.4. The highest BCUT2D eigenvalue weighted by molar-refractivity contribution is 5.63. The Hall–Kier alpha value is -2.47. The third-order valence-corrected chi connectivity index (χ3v) is 3.28. The fraction of sp³-hybridized carbons (Fsp3) is 0.214. The number of H-pyrrole nitrogens is 1. The second-order valence-electron chi connectivity index (χ2n) is 4.62. The van der Waals surface area contributed by atoms with E-state index in [1.165, 1.54) is 4.52 Å². The second-order valence-corrected chi connectivity index (χ2v) is 4.62. The van der Waals surface area contributed by atoms with Gasteiger partial charge in [-0.05, 0) is 32.0 Å². The first-order valence-corrected chi connectivity index (χ1v) is 6.42. The minimum absolute atomic E-state index is 0.0897. The maximum Gasteiger partial charge on any atom is 0.276 e. The van der Waals surface area contributed by atoms with Gasteiger partial charge in [-0.15, -0.1) is 0 Å². The van der Waals surface area contributed by atoms with Crippen molar-refractivity contribution in [3.05, 3.63) is 52.2 Å². The van der Waals surface area contributed by atoms with Crippen LogP contribution in [0, 0.1) is 6.92 Å². The zero-order valence-electron chi connectivity index (χ0n) is 11.1. The molecule has 3 aromatic heterocycles. The second kappa shape index (κ2) is 4.90. The average Bonchev–Trinajstić information content (AvgIpc) is 2.88. The SMILES string of the molecule is Cc1nc2cc(-c3cccnc3)[nH]n2c(=O)c1CCN. The Kier molecular flexibility index (Phi) is 3.08. The van der Waals surface area contributed by atoms with Crippen LogP contribution in [0.5, 0.6) is 0 Å². The van der Waals surface area contributed by atoms with Crippen molar-refractivity contribution in [3.63, 3.8) is 0 Å². The summed E-state index contributed by atoms with van der Waals surface area (Å²) in [5.74, 6) is 0. The van der Waals surface area contributed by atoms with E-state index in [1.54, 1.807) is 12.4 Å². The van der Waals surface area contributed by atoms with E-state index in [1.807, 2.05) is 25.1 Å². The van der Waals surface area contributed by atoms with E-state index in [-0.39, 0.29) is 5.56 Å². The number of nitrogens with two attached hydrogens (primary N) is 1. The summed E-state index contributed by atoms with van der Waals surface area (Å²) in [5, 5.41) is 3.07. The van der Waals surface area contributed by atoms with E-state index < -0.39 is 0 Å². The molecular formula is C14H15N5O. The lowest BCUT2D eigenvalue weighted by molar-refractivity contribution is 0.835. The van der Waals surface area contributed by atoms with Crippen molar-refractivity contribution in [2.24, 2.45) is 5.73 Å². The number of pyridine rings is 1. The highest BCUT2D eigenvalue weighted by Crippen LogP contribution is 2.17. The predicted molar refractivity (Wildman–Crippen MR) is 76.5 cm³/mol. The molecule has 0 bridgehead atoms. The van der Waals surface area contributed by atoms with E-state index >= 15 is 0 Å². The van der Waals surface area contributed by atoms with Crippen LogP contribution < -0.4 is 11.3 Å². The number of fused-ring (bicyclic) bond motifs is 1. The Morgan fingerprint density at radius 1 is 1.45 bits per heavy atom. The van der Waals surface area contributed by atoms with Gasteiger partial charge >= 0.3 is 0 Å². The highest BCUT2D eigenvalue weighted by Gasteiger charge is 2.12. The zero-order chi connectivity index (χ0) is 14.1. The Bertz CT molecular complexity index is 804. The van der Waals surface area contributed by atoms with Crippen molar-refractivity contribution in [2.75, 3.05) is 6.54 Å². The summed E-state index contributed by atoms with van der Waals surface area (Å²) in [6.07, 6.45) is 3.98. The molecule has 0 radical (unpaired) electrons. The van der Waals surface area contributed by atoms with Gasteiger partial charge in [-0.25, -0.2) is 9.50 Å². The molecular weight excluding hydrogens is 254 g/mol. The van der Waals surface area contributed by atoms with E-state index in [9.17, 15) is 4.79 Å². The van der Waals surface area contributed by atoms with Crippen LogP contribution in [0.25, 0.3) is 16.9 Å². The molecule has 3 heterocycles. The van der Waals surface area contributed by atoms with Gasteiger partial charge in [0.15, 0.2) is 5.65 Å². The van der Waals surface area contributed by atoms with Crippen molar-refractivity contribution >= 4 is 5.65 Å². The lowest BCUT2D eigenvalue weighted by Gasteiger charge is -2.03. The van der Waals surface area contributed by atoms with Gasteiger partial charge < -0.3 is 5.73 Å². The lowest BCUT2D eigenvalue weighted by atomic mass is 10.2. The predicted octanol–water partition coefficient (Wildman–Crippen LogP) is 0.894. The largest absolute Gasteiger partial charge is 0.330 e. The monoisotopic (exact) mass is 269 g/mol. The van der Waals surface area contributed by atoms with E-state index in [0.29, 0.717) is 24.2 Å². The summed E-state index contributed by atoms with van der Waals surface area (Å²) in [5.41, 5.74) is 9.17. The molecule has 0 spiro atoms. The molecule has 0 aliphatic carbocycles. The number of aromatic nitrogens is 4. The van der Waals surface area contributed by atoms with Gasteiger partial charge in [0.2, 0.25) is 0 Å². The number of hydrogen-bond acceptors (Lipinski definition) is 4. The first-order valence-electron chi connectivity index (χ1n) is 6.42. The van der Waals surface area contributed by atoms with Crippen molar-refractivity contribution < 1.29 is 0 Å². The molecule has 3 rings (SSSR count). The number of nitrogens with zero attached hydrogens (tertiary/aromatic N) is 3. The lowest BCUT2D eigenvalue weighted by Crippen LogP contribution is -2.23. The van der Waals surface area contributed by atoms with Gasteiger partial charge in [-0.2, -0.15) is 0 Å². The van der Waals surface area contributed by atoms with Gasteiger partial charge in [0.1, 0.15) is 0 Å². The molecule has 3 aromatic rings. The molecule has 0 amide bonds. The third kappa shape index (κ3) is 2.00. The summed E-state index contributed by atoms with van der Waals surface area (Å²) in [4.78, 5) is 20.9. The summed E-state index contributed by atoms with van der Waals surface area (Å²) in [7, 11) is 0. The van der Waals surface area contributed by atoms with Crippen molar-refractivity contribution in [1.29, 1.82) is 0 Å². The van der Waals surface area contributed by atoms with Crippen LogP contribution in [0.15, 0.2) is 35.4 Å². The Balaban J connectivity index is 2.22. The van der Waals surface area contributed by atoms with Gasteiger partial charge in [0.25, 0.3) is 5.56 Å². The molecule has 3 N–H and O–H groups in total. The average molecular weight is 269 g/mol. The highest BCUT2D eigenvalue weighted by atomic mass is 16.1. The Morgan fingerprint density at radius 2 is 2.30 bits per heavy atom. The molecule has 0 unspecified atom stereocenters. The first kappa shape index (κ1) is 12.6. The smallest absolute Gasteiger partial charge is 0.276 e. The van der Waals surface area contributed by atoms with Crippen LogP contribution >= 0.6 is 0 Å². The molecule has 0 saturated heterocycles. The molecule has 0 aromatic carbocycles. The van der Waals surface area contributed by atoms with Crippen LogP contribution in [-0.4, -0.2) is 26.1 Å². The topological polar surface area (TPSA) is 89.1 Å². The maximum atomic E-state index is 12.4. The molecule has 0 atom stereocenters. The first-order chi connectivity index (χ1) is 9.70. The molecule has 6 heteroatoms. The third-order valence-electron chi connectivity index (χ3n) is 3.28. The van der Waals surface area contributed by atoms with Crippen LogP contribution in [0.4, 0.5) is 0 Å². The number of aromatic amines is 1. The Labute approximate surface area is 115 Å². The van der Waals surface area contributed by atoms with Gasteiger partial charge in [-0.3, -0.25) is 14.9 Å². The number of nitrogens with one attached hydrogen (secondary N) is 1. The summed E-state index contributed by atoms with van der Waals surface area (Å²) in [6, 6.07) is 5.62. The van der Waals surface area contributed by atoms with Crippen molar-refractivity contribution in [2.45, 2.75) is 13.3 Å². The number of rotatable bonds is 3. The van der Waals surface area contributed by atoms with Crippen molar-refractivity contribution in [3.8, 4) is 11.3 Å². The summed E-state index contributed by atoms with van der Waals surface area (Å²) in [6.45, 7) is 2.27. The van der Waals surface area contributed by atoms with Crippen LogP contribution in [0.3, 0.4) is 0 Å². The molecule has 0 aliphatic rings. The number of aryl methyl sites for hydroxylation is 1. The van der Waals surface area contributed by atoms with E-state index in [0.717, 1.165) is 17.0 Å². The molecule has 102 valence electrons. The minimum atomic E-state index is -0.0897. The van der Waals surface area contributed by atoms with E-state index in [2.05, 4.69) is 15.1 Å². The standard InChI is InChI=1S/C14H15N5O/c1-9-11(4-5-15)14(20)19-13(17-9)7-12(18-19)10-3-2-6-16-8-10/h2-3,6-8,18H,4-5,15H2,1H3. The zero-order valence-corrected chi connectivity index (χ0v) is 11.1. The summed E-state index contributed by atoms with van der Waals surface area (Å²) >= 11 is 0. The molecule has 0 aliphatic heterocycles. The summed E-state index contributed by atoms with van der Waals surface area (Å²) < 4.78 is 1.46.